The summed E-state index contributed by atoms with van der Waals surface area (Å²) in [6.45, 7) is 1.81. The van der Waals surface area contributed by atoms with Crippen LogP contribution in [0.5, 0.6) is 6.01 Å². The van der Waals surface area contributed by atoms with Crippen LogP contribution in [0.4, 0.5) is 5.69 Å². The van der Waals surface area contributed by atoms with Gasteiger partial charge in [-0.3, -0.25) is 4.72 Å². The van der Waals surface area contributed by atoms with Crippen LogP contribution < -0.4 is 9.46 Å². The van der Waals surface area contributed by atoms with Crippen LogP contribution in [0.2, 0.25) is 0 Å². The summed E-state index contributed by atoms with van der Waals surface area (Å²) < 4.78 is 37.8. The van der Waals surface area contributed by atoms with Crippen molar-refractivity contribution < 1.29 is 17.6 Å². The first-order chi connectivity index (χ1) is 11.5. The van der Waals surface area contributed by atoms with Crippen molar-refractivity contribution in [2.24, 2.45) is 0 Å². The third kappa shape index (κ3) is 3.23. The lowest BCUT2D eigenvalue weighted by atomic mass is 10.1. The second kappa shape index (κ2) is 6.32. The summed E-state index contributed by atoms with van der Waals surface area (Å²) in [5.41, 5.74) is 1.99. The lowest BCUT2D eigenvalue weighted by Crippen LogP contribution is -2.15. The number of benzene rings is 1. The monoisotopic (exact) mass is 345 g/mol. The van der Waals surface area contributed by atoms with Crippen molar-refractivity contribution in [2.45, 2.75) is 11.9 Å². The van der Waals surface area contributed by atoms with E-state index in [2.05, 4.69) is 14.7 Å². The van der Waals surface area contributed by atoms with Crippen LogP contribution >= 0.6 is 0 Å². The van der Waals surface area contributed by atoms with Crippen LogP contribution in [0.25, 0.3) is 11.3 Å². The topological polar surface area (TPSA) is 94.3 Å². The van der Waals surface area contributed by atoms with Crippen molar-refractivity contribution in [3.8, 4) is 17.3 Å². The normalized spacial score (nSPS) is 11.2. The van der Waals surface area contributed by atoms with Gasteiger partial charge < -0.3 is 9.15 Å². The van der Waals surface area contributed by atoms with Gasteiger partial charge in [0, 0.05) is 11.8 Å². The summed E-state index contributed by atoms with van der Waals surface area (Å²) in [6.07, 6.45) is 2.89. The molecular weight excluding hydrogens is 330 g/mol. The van der Waals surface area contributed by atoms with Gasteiger partial charge in [-0.15, -0.1) is 0 Å². The van der Waals surface area contributed by atoms with Gasteiger partial charge >= 0.3 is 6.01 Å². The van der Waals surface area contributed by atoms with Crippen LogP contribution in [-0.2, 0) is 10.0 Å². The smallest absolute Gasteiger partial charge is 0.317 e. The molecule has 3 aromatic rings. The van der Waals surface area contributed by atoms with Gasteiger partial charge in [0.1, 0.15) is 5.76 Å². The molecule has 7 nitrogen and oxygen atoms in total. The van der Waals surface area contributed by atoms with Gasteiger partial charge in [0.05, 0.1) is 19.1 Å². The number of nitrogens with zero attached hydrogens (tertiary/aromatic N) is 2. The van der Waals surface area contributed by atoms with E-state index in [-0.39, 0.29) is 11.0 Å². The first-order valence-electron chi connectivity index (χ1n) is 7.04. The fraction of sp³-hybridized carbons (Fsp3) is 0.125. The van der Waals surface area contributed by atoms with Crippen LogP contribution in [-0.4, -0.2) is 25.5 Å². The number of aryl methyl sites for hydroxylation is 1. The minimum atomic E-state index is -3.87. The highest BCUT2D eigenvalue weighted by atomic mass is 32.2. The van der Waals surface area contributed by atoms with Gasteiger partial charge in [-0.2, -0.15) is 13.4 Å². The van der Waals surface area contributed by atoms with E-state index in [4.69, 9.17) is 9.15 Å². The maximum Gasteiger partial charge on any atom is 0.317 e. The summed E-state index contributed by atoms with van der Waals surface area (Å²) in [6, 6.07) is 10.3. The number of anilines is 1. The molecule has 0 saturated heterocycles. The first kappa shape index (κ1) is 16.0. The zero-order chi connectivity index (χ0) is 17.2. The zero-order valence-electron chi connectivity index (χ0n) is 13.1. The van der Waals surface area contributed by atoms with Crippen molar-refractivity contribution in [2.75, 3.05) is 11.8 Å². The lowest BCUT2D eigenvalue weighted by Gasteiger charge is -2.11. The standard InChI is InChI=1S/C16H15N3O4S/c1-11-5-6-12(14-4-3-9-23-14)10-13(11)19-24(20,21)15-7-8-17-16(18-15)22-2/h3-10,19H,1-2H3. The summed E-state index contributed by atoms with van der Waals surface area (Å²) in [4.78, 5) is 7.66. The van der Waals surface area contributed by atoms with E-state index in [1.165, 1.54) is 19.4 Å². The summed E-state index contributed by atoms with van der Waals surface area (Å²) in [5, 5.41) is -0.169. The van der Waals surface area contributed by atoms with Gasteiger partial charge in [0.2, 0.25) is 0 Å². The Hall–Kier alpha value is -2.87. The zero-order valence-corrected chi connectivity index (χ0v) is 13.9. The molecule has 0 bridgehead atoms. The van der Waals surface area contributed by atoms with E-state index in [1.54, 1.807) is 24.5 Å². The number of hydrogen-bond donors (Lipinski definition) is 1. The molecule has 124 valence electrons. The minimum Gasteiger partial charge on any atom is -0.467 e. The Morgan fingerprint density at radius 1 is 1.21 bits per heavy atom. The van der Waals surface area contributed by atoms with Crippen LogP contribution in [0.1, 0.15) is 5.56 Å². The molecule has 2 aromatic heterocycles. The quantitative estimate of drug-likeness (QED) is 0.715. The number of rotatable bonds is 5. The fourth-order valence-corrected chi connectivity index (χ4v) is 3.15. The Bertz CT molecular complexity index is 953. The second-order valence-corrected chi connectivity index (χ2v) is 6.62. The number of nitrogens with one attached hydrogen (secondary N) is 1. The molecule has 0 amide bonds. The Morgan fingerprint density at radius 3 is 2.75 bits per heavy atom. The molecule has 0 fully saturated rings. The second-order valence-electron chi connectivity index (χ2n) is 4.99. The molecule has 2 heterocycles. The van der Waals surface area contributed by atoms with E-state index in [0.29, 0.717) is 11.4 Å². The molecule has 0 aliphatic heterocycles. The molecule has 0 aliphatic rings. The Balaban J connectivity index is 1.96. The number of furan rings is 1. The van der Waals surface area contributed by atoms with Crippen molar-refractivity contribution >= 4 is 15.7 Å². The van der Waals surface area contributed by atoms with E-state index < -0.39 is 10.0 Å². The molecule has 8 heteroatoms. The van der Waals surface area contributed by atoms with Gasteiger partial charge in [-0.25, -0.2) is 4.98 Å². The maximum atomic E-state index is 12.5. The third-order valence-electron chi connectivity index (χ3n) is 3.35. The highest BCUT2D eigenvalue weighted by molar-refractivity contribution is 7.92. The fourth-order valence-electron chi connectivity index (χ4n) is 2.10. The van der Waals surface area contributed by atoms with Crippen LogP contribution in [0.3, 0.4) is 0 Å². The molecular formula is C16H15N3O4S. The molecule has 3 rings (SSSR count). The number of ether oxygens (including phenoxy) is 1. The van der Waals surface area contributed by atoms with Crippen LogP contribution in [0.15, 0.2) is 58.3 Å². The number of aromatic nitrogens is 2. The molecule has 0 unspecified atom stereocenters. The van der Waals surface area contributed by atoms with E-state index in [0.717, 1.165) is 11.1 Å². The minimum absolute atomic E-state index is 0.0149. The molecule has 0 atom stereocenters. The van der Waals surface area contributed by atoms with Crippen molar-refractivity contribution in [1.82, 2.24) is 9.97 Å². The van der Waals surface area contributed by atoms with Crippen LogP contribution in [0, 0.1) is 6.92 Å². The van der Waals surface area contributed by atoms with Gasteiger partial charge in [0.25, 0.3) is 10.0 Å². The molecule has 0 spiro atoms. The van der Waals surface area contributed by atoms with E-state index in [1.807, 2.05) is 19.1 Å². The average molecular weight is 345 g/mol. The van der Waals surface area contributed by atoms with Crippen molar-refractivity contribution in [3.63, 3.8) is 0 Å². The molecule has 0 radical (unpaired) electrons. The predicted molar refractivity (Wildman–Crippen MR) is 88.3 cm³/mol. The SMILES string of the molecule is COc1nccc(S(=O)(=O)Nc2cc(-c3ccco3)ccc2C)n1. The Kier molecular flexibility index (Phi) is 4.22. The molecule has 1 N–H and O–H groups in total. The molecule has 0 saturated carbocycles. The van der Waals surface area contributed by atoms with Crippen molar-refractivity contribution in [3.05, 3.63) is 54.4 Å². The van der Waals surface area contributed by atoms with Crippen molar-refractivity contribution in [1.29, 1.82) is 0 Å². The van der Waals surface area contributed by atoms with Gasteiger partial charge in [-0.05, 0) is 36.8 Å². The number of methoxy groups -OCH3 is 1. The first-order valence-corrected chi connectivity index (χ1v) is 8.52. The third-order valence-corrected chi connectivity index (χ3v) is 4.62. The molecule has 1 aromatic carbocycles. The largest absolute Gasteiger partial charge is 0.467 e. The molecule has 0 aliphatic carbocycles. The Labute approximate surface area is 139 Å². The predicted octanol–water partition coefficient (Wildman–Crippen LogP) is 2.85. The lowest BCUT2D eigenvalue weighted by molar-refractivity contribution is 0.375. The number of sulfonamides is 1. The van der Waals surface area contributed by atoms with E-state index >= 15 is 0 Å². The van der Waals surface area contributed by atoms with Gasteiger partial charge in [-0.1, -0.05) is 12.1 Å². The van der Waals surface area contributed by atoms with E-state index in [9.17, 15) is 8.42 Å². The van der Waals surface area contributed by atoms with Gasteiger partial charge in [0.15, 0.2) is 5.03 Å². The summed E-state index contributed by atoms with van der Waals surface area (Å²) in [7, 11) is -2.49. The maximum absolute atomic E-state index is 12.5. The summed E-state index contributed by atoms with van der Waals surface area (Å²) in [5.74, 6) is 0.652. The highest BCUT2D eigenvalue weighted by Gasteiger charge is 2.18. The summed E-state index contributed by atoms with van der Waals surface area (Å²) >= 11 is 0. The number of hydrogen-bond acceptors (Lipinski definition) is 6. The highest BCUT2D eigenvalue weighted by Crippen LogP contribution is 2.27. The molecule has 24 heavy (non-hydrogen) atoms. The average Bonchev–Trinajstić information content (AvgIpc) is 3.11. The Morgan fingerprint density at radius 2 is 2.04 bits per heavy atom.